The Bertz CT molecular complexity index is 566. The fourth-order valence-electron chi connectivity index (χ4n) is 2.48. The van der Waals surface area contributed by atoms with E-state index in [1.807, 2.05) is 0 Å². The molecule has 2 aromatic carbocycles. The van der Waals surface area contributed by atoms with Crippen LogP contribution in [-0.2, 0) is 0 Å². The van der Waals surface area contributed by atoms with E-state index in [9.17, 15) is 0 Å². The number of benzene rings is 2. The molecule has 22 heavy (non-hydrogen) atoms. The van der Waals surface area contributed by atoms with Crippen LogP contribution < -0.4 is 9.80 Å². The molecule has 0 N–H and O–H groups in total. The summed E-state index contributed by atoms with van der Waals surface area (Å²) in [4.78, 5) is 4.25. The number of nitrogens with zero attached hydrogens (tertiary/aromatic N) is 2. The van der Waals surface area contributed by atoms with Gasteiger partial charge in [-0.3, -0.25) is 0 Å². The van der Waals surface area contributed by atoms with Crippen LogP contribution in [-0.4, -0.2) is 28.2 Å². The van der Waals surface area contributed by atoms with Crippen LogP contribution in [0.2, 0.25) is 0 Å². The maximum atomic E-state index is 2.30. The first kappa shape index (κ1) is 16.2. The van der Waals surface area contributed by atoms with E-state index in [0.29, 0.717) is 0 Å². The highest BCUT2D eigenvalue weighted by atomic mass is 15.1. The molecule has 2 heteroatoms. The summed E-state index contributed by atoms with van der Waals surface area (Å²) in [5, 5.41) is 0. The molecule has 2 aromatic rings. The van der Waals surface area contributed by atoms with E-state index in [1.54, 1.807) is 0 Å². The maximum Gasteiger partial charge on any atom is 0.0361 e. The zero-order valence-corrected chi connectivity index (χ0v) is 14.3. The highest BCUT2D eigenvalue weighted by Crippen LogP contribution is 2.27. The Labute approximate surface area is 134 Å². The third kappa shape index (κ3) is 3.70. The van der Waals surface area contributed by atoms with Crippen molar-refractivity contribution < 1.29 is 0 Å². The second kappa shape index (κ2) is 7.17. The summed E-state index contributed by atoms with van der Waals surface area (Å²) < 4.78 is 0. The van der Waals surface area contributed by atoms with Gasteiger partial charge in [-0.1, -0.05) is 37.3 Å². The highest BCUT2D eigenvalue weighted by Gasteiger charge is 2.06. The van der Waals surface area contributed by atoms with Gasteiger partial charge in [-0.15, -0.1) is 0 Å². The van der Waals surface area contributed by atoms with E-state index >= 15 is 0 Å². The topological polar surface area (TPSA) is 6.48 Å². The fraction of sp³-hybridized carbons (Fsp3) is 0.300. The normalized spacial score (nSPS) is 10.2. The van der Waals surface area contributed by atoms with Gasteiger partial charge in [0.15, 0.2) is 0 Å². The smallest absolute Gasteiger partial charge is 0.0361 e. The van der Waals surface area contributed by atoms with E-state index in [2.05, 4.69) is 99.5 Å². The molecule has 0 saturated heterocycles. The van der Waals surface area contributed by atoms with Crippen molar-refractivity contribution in [1.29, 1.82) is 0 Å². The SMILES string of the molecule is CCC=C(c1ccc(N(C)C)cc1)c1ccc(N(C)C)cc1. The van der Waals surface area contributed by atoms with Crippen molar-refractivity contribution in [3.05, 3.63) is 65.7 Å². The van der Waals surface area contributed by atoms with Crippen molar-refractivity contribution in [2.75, 3.05) is 38.0 Å². The molecule has 0 fully saturated rings. The Kier molecular flexibility index (Phi) is 5.26. The molecule has 0 spiro atoms. The largest absolute Gasteiger partial charge is 0.378 e. The van der Waals surface area contributed by atoms with Gasteiger partial charge in [-0.2, -0.15) is 0 Å². The van der Waals surface area contributed by atoms with Gasteiger partial charge >= 0.3 is 0 Å². The molecule has 0 heterocycles. The number of anilines is 2. The molecule has 0 aliphatic carbocycles. The quantitative estimate of drug-likeness (QED) is 0.791. The Hall–Kier alpha value is -2.22. The van der Waals surface area contributed by atoms with Crippen molar-refractivity contribution >= 4 is 16.9 Å². The number of rotatable bonds is 5. The van der Waals surface area contributed by atoms with E-state index < -0.39 is 0 Å². The highest BCUT2D eigenvalue weighted by molar-refractivity contribution is 5.81. The van der Waals surface area contributed by atoms with E-state index in [4.69, 9.17) is 0 Å². The molecule has 2 rings (SSSR count). The lowest BCUT2D eigenvalue weighted by atomic mass is 9.96. The molecule has 0 radical (unpaired) electrons. The van der Waals surface area contributed by atoms with Crippen LogP contribution in [0, 0.1) is 0 Å². The third-order valence-corrected chi connectivity index (χ3v) is 3.80. The molecular formula is C20H26N2. The standard InChI is InChI=1S/C20H26N2/c1-6-7-20(16-8-12-18(13-9-16)21(2)3)17-10-14-19(15-11-17)22(4)5/h7-15H,6H2,1-5H3. The Morgan fingerprint density at radius 2 is 1.09 bits per heavy atom. The molecule has 0 amide bonds. The first-order valence-corrected chi connectivity index (χ1v) is 7.78. The van der Waals surface area contributed by atoms with E-state index in [-0.39, 0.29) is 0 Å². The van der Waals surface area contributed by atoms with Crippen molar-refractivity contribution in [2.24, 2.45) is 0 Å². The number of allylic oxidation sites excluding steroid dienone is 1. The van der Waals surface area contributed by atoms with Crippen LogP contribution >= 0.6 is 0 Å². The minimum Gasteiger partial charge on any atom is -0.378 e. The first-order chi connectivity index (χ1) is 10.5. The minimum atomic E-state index is 1.03. The van der Waals surface area contributed by atoms with Crippen LogP contribution in [0.5, 0.6) is 0 Å². The predicted octanol–water partition coefficient (Wildman–Crippen LogP) is 4.66. The summed E-state index contributed by atoms with van der Waals surface area (Å²) in [6, 6.07) is 17.5. The van der Waals surface area contributed by atoms with Gasteiger partial charge in [-0.05, 0) is 47.4 Å². The molecule has 0 saturated carbocycles. The summed E-state index contributed by atoms with van der Waals surface area (Å²) in [6.45, 7) is 2.18. The number of hydrogen-bond donors (Lipinski definition) is 0. The van der Waals surface area contributed by atoms with Crippen molar-refractivity contribution in [3.8, 4) is 0 Å². The van der Waals surface area contributed by atoms with Crippen molar-refractivity contribution in [2.45, 2.75) is 13.3 Å². The van der Waals surface area contributed by atoms with E-state index in [0.717, 1.165) is 6.42 Å². The zero-order chi connectivity index (χ0) is 16.1. The average molecular weight is 294 g/mol. The summed E-state index contributed by atoms with van der Waals surface area (Å²) in [6.07, 6.45) is 3.33. The second-order valence-corrected chi connectivity index (χ2v) is 5.91. The molecule has 2 nitrogen and oxygen atoms in total. The van der Waals surface area contributed by atoms with Crippen molar-refractivity contribution in [1.82, 2.24) is 0 Å². The Morgan fingerprint density at radius 3 is 1.36 bits per heavy atom. The average Bonchev–Trinajstić information content (AvgIpc) is 2.53. The second-order valence-electron chi connectivity index (χ2n) is 5.91. The summed E-state index contributed by atoms with van der Waals surface area (Å²) in [5.74, 6) is 0. The zero-order valence-electron chi connectivity index (χ0n) is 14.3. The van der Waals surface area contributed by atoms with Gasteiger partial charge < -0.3 is 9.80 Å². The van der Waals surface area contributed by atoms with Crippen LogP contribution in [0.3, 0.4) is 0 Å². The van der Waals surface area contributed by atoms with Gasteiger partial charge in [-0.25, -0.2) is 0 Å². The van der Waals surface area contributed by atoms with Crippen LogP contribution in [0.15, 0.2) is 54.6 Å². The predicted molar refractivity (Wildman–Crippen MR) is 98.9 cm³/mol. The van der Waals surface area contributed by atoms with Crippen LogP contribution in [0.1, 0.15) is 24.5 Å². The van der Waals surface area contributed by atoms with Crippen molar-refractivity contribution in [3.63, 3.8) is 0 Å². The van der Waals surface area contributed by atoms with Gasteiger partial charge in [0.25, 0.3) is 0 Å². The lowest BCUT2D eigenvalue weighted by molar-refractivity contribution is 1.13. The molecule has 0 bridgehead atoms. The molecule has 0 aromatic heterocycles. The fourth-order valence-corrected chi connectivity index (χ4v) is 2.48. The molecular weight excluding hydrogens is 268 g/mol. The van der Waals surface area contributed by atoms with Gasteiger partial charge in [0.1, 0.15) is 0 Å². The maximum absolute atomic E-state index is 2.30. The summed E-state index contributed by atoms with van der Waals surface area (Å²) >= 11 is 0. The molecule has 0 unspecified atom stereocenters. The minimum absolute atomic E-state index is 1.03. The third-order valence-electron chi connectivity index (χ3n) is 3.80. The lowest BCUT2D eigenvalue weighted by Gasteiger charge is -2.16. The molecule has 0 aliphatic rings. The monoisotopic (exact) mass is 294 g/mol. The van der Waals surface area contributed by atoms with Gasteiger partial charge in [0, 0.05) is 39.6 Å². The number of hydrogen-bond acceptors (Lipinski definition) is 2. The lowest BCUT2D eigenvalue weighted by Crippen LogP contribution is -2.08. The Balaban J connectivity index is 2.36. The van der Waals surface area contributed by atoms with Crippen LogP contribution in [0.25, 0.3) is 5.57 Å². The first-order valence-electron chi connectivity index (χ1n) is 7.78. The van der Waals surface area contributed by atoms with Crippen LogP contribution in [0.4, 0.5) is 11.4 Å². The molecule has 116 valence electrons. The molecule has 0 aliphatic heterocycles. The van der Waals surface area contributed by atoms with Gasteiger partial charge in [0.2, 0.25) is 0 Å². The Morgan fingerprint density at radius 1 is 0.727 bits per heavy atom. The van der Waals surface area contributed by atoms with Gasteiger partial charge in [0.05, 0.1) is 0 Å². The summed E-state index contributed by atoms with van der Waals surface area (Å²) in [5.41, 5.74) is 6.29. The molecule has 0 atom stereocenters. The van der Waals surface area contributed by atoms with E-state index in [1.165, 1.54) is 28.1 Å². The summed E-state index contributed by atoms with van der Waals surface area (Å²) in [7, 11) is 8.27.